The zero-order valence-electron chi connectivity index (χ0n) is 15.7. The fourth-order valence-corrected chi connectivity index (χ4v) is 3.01. The van der Waals surface area contributed by atoms with Crippen LogP contribution < -0.4 is 19.7 Å². The van der Waals surface area contributed by atoms with E-state index in [0.29, 0.717) is 22.2 Å². The molecule has 0 aromatic heterocycles. The standard InChI is InChI=1S/C18H23ClN2O6/c1-10(2)20-16(22)9-27-18(24)11-5-17(23)21(8-11)13-6-12(19)14(25-3)7-15(13)26-4/h6-7,10-11H,5,8-9H2,1-4H3,(H,20,22)/t11-/m1/s1. The van der Waals surface area contributed by atoms with E-state index in [1.807, 2.05) is 0 Å². The Labute approximate surface area is 162 Å². The number of hydrogen-bond donors (Lipinski definition) is 1. The molecule has 0 saturated carbocycles. The highest BCUT2D eigenvalue weighted by Crippen LogP contribution is 2.40. The van der Waals surface area contributed by atoms with Crippen molar-refractivity contribution in [3.05, 3.63) is 17.2 Å². The van der Waals surface area contributed by atoms with Gasteiger partial charge in [-0.15, -0.1) is 0 Å². The average Bonchev–Trinajstić information content (AvgIpc) is 3.00. The largest absolute Gasteiger partial charge is 0.495 e. The molecule has 0 spiro atoms. The van der Waals surface area contributed by atoms with E-state index in [1.165, 1.54) is 19.1 Å². The minimum atomic E-state index is -0.671. The van der Waals surface area contributed by atoms with Crippen molar-refractivity contribution in [1.29, 1.82) is 0 Å². The predicted molar refractivity (Wildman–Crippen MR) is 99.3 cm³/mol. The number of nitrogens with zero attached hydrogens (tertiary/aromatic N) is 1. The summed E-state index contributed by atoms with van der Waals surface area (Å²) in [4.78, 5) is 37.7. The number of esters is 1. The monoisotopic (exact) mass is 398 g/mol. The molecule has 0 radical (unpaired) electrons. The fourth-order valence-electron chi connectivity index (χ4n) is 2.77. The third-order valence-corrected chi connectivity index (χ3v) is 4.29. The van der Waals surface area contributed by atoms with E-state index in [-0.39, 0.29) is 37.4 Å². The molecule has 148 valence electrons. The lowest BCUT2D eigenvalue weighted by Crippen LogP contribution is -2.35. The van der Waals surface area contributed by atoms with Gasteiger partial charge in [-0.2, -0.15) is 0 Å². The Morgan fingerprint density at radius 1 is 1.26 bits per heavy atom. The number of anilines is 1. The number of benzene rings is 1. The molecule has 2 rings (SSSR count). The summed E-state index contributed by atoms with van der Waals surface area (Å²) in [5, 5.41) is 2.94. The van der Waals surface area contributed by atoms with Crippen molar-refractivity contribution in [2.24, 2.45) is 5.92 Å². The zero-order valence-corrected chi connectivity index (χ0v) is 16.5. The number of nitrogens with one attached hydrogen (secondary N) is 1. The first-order chi connectivity index (χ1) is 12.8. The van der Waals surface area contributed by atoms with Crippen LogP contribution >= 0.6 is 11.6 Å². The first-order valence-corrected chi connectivity index (χ1v) is 8.82. The molecule has 1 aliphatic rings. The number of halogens is 1. The highest BCUT2D eigenvalue weighted by atomic mass is 35.5. The van der Waals surface area contributed by atoms with E-state index >= 15 is 0 Å². The van der Waals surface area contributed by atoms with Gasteiger partial charge in [0.05, 0.1) is 30.8 Å². The Balaban J connectivity index is 2.08. The first kappa shape index (κ1) is 20.8. The van der Waals surface area contributed by atoms with E-state index in [9.17, 15) is 14.4 Å². The van der Waals surface area contributed by atoms with E-state index in [4.69, 9.17) is 25.8 Å². The summed E-state index contributed by atoms with van der Waals surface area (Å²) in [6.45, 7) is 3.35. The molecular formula is C18H23ClN2O6. The van der Waals surface area contributed by atoms with Gasteiger partial charge >= 0.3 is 5.97 Å². The predicted octanol–water partition coefficient (Wildman–Crippen LogP) is 1.78. The Bertz CT molecular complexity index is 737. The lowest BCUT2D eigenvalue weighted by atomic mass is 10.1. The summed E-state index contributed by atoms with van der Waals surface area (Å²) in [6.07, 6.45) is -0.0164. The van der Waals surface area contributed by atoms with Crippen molar-refractivity contribution in [2.45, 2.75) is 26.3 Å². The third-order valence-electron chi connectivity index (χ3n) is 4.00. The van der Waals surface area contributed by atoms with E-state index in [2.05, 4.69) is 5.32 Å². The summed E-state index contributed by atoms with van der Waals surface area (Å²) < 4.78 is 15.5. The summed E-state index contributed by atoms with van der Waals surface area (Å²) in [7, 11) is 2.94. The van der Waals surface area contributed by atoms with Crippen LogP contribution in [0.5, 0.6) is 11.5 Å². The van der Waals surface area contributed by atoms with Crippen LogP contribution in [0.25, 0.3) is 0 Å². The minimum absolute atomic E-state index is 0.0164. The van der Waals surface area contributed by atoms with E-state index in [0.717, 1.165) is 0 Å². The van der Waals surface area contributed by atoms with Gasteiger partial charge in [0.1, 0.15) is 11.5 Å². The molecule has 1 saturated heterocycles. The number of rotatable bonds is 7. The second-order valence-corrected chi connectivity index (χ2v) is 6.80. The maximum Gasteiger partial charge on any atom is 0.311 e. The van der Waals surface area contributed by atoms with Gasteiger partial charge in [0.2, 0.25) is 5.91 Å². The molecule has 1 fully saturated rings. The lowest BCUT2D eigenvalue weighted by Gasteiger charge is -2.20. The Morgan fingerprint density at radius 3 is 2.52 bits per heavy atom. The van der Waals surface area contributed by atoms with E-state index in [1.54, 1.807) is 26.0 Å². The molecule has 2 amide bonds. The lowest BCUT2D eigenvalue weighted by molar-refractivity contribution is -0.152. The molecular weight excluding hydrogens is 376 g/mol. The van der Waals surface area contributed by atoms with Gasteiger partial charge in [0.15, 0.2) is 6.61 Å². The summed E-state index contributed by atoms with van der Waals surface area (Å²) in [5.41, 5.74) is 0.446. The van der Waals surface area contributed by atoms with Crippen molar-refractivity contribution in [1.82, 2.24) is 5.32 Å². The summed E-state index contributed by atoms with van der Waals surface area (Å²) in [6, 6.07) is 3.08. The van der Waals surface area contributed by atoms with Crippen LogP contribution in [0.3, 0.4) is 0 Å². The number of amides is 2. The van der Waals surface area contributed by atoms with Crippen molar-refractivity contribution in [3.63, 3.8) is 0 Å². The average molecular weight is 399 g/mol. The Hall–Kier alpha value is -2.48. The van der Waals surface area contributed by atoms with Crippen molar-refractivity contribution >= 4 is 35.1 Å². The SMILES string of the molecule is COc1cc(OC)c(N2C[C@H](C(=O)OCC(=O)NC(C)C)CC2=O)cc1Cl. The Morgan fingerprint density at radius 2 is 1.93 bits per heavy atom. The summed E-state index contributed by atoms with van der Waals surface area (Å²) in [5.74, 6) is -1.10. The number of hydrogen-bond acceptors (Lipinski definition) is 6. The van der Waals surface area contributed by atoms with Crippen LogP contribution in [0.15, 0.2) is 12.1 Å². The molecule has 0 bridgehead atoms. The van der Waals surface area contributed by atoms with Gasteiger partial charge in [-0.05, 0) is 19.9 Å². The topological polar surface area (TPSA) is 94.2 Å². The Kier molecular flexibility index (Phi) is 6.90. The zero-order chi connectivity index (χ0) is 20.1. The molecule has 9 heteroatoms. The van der Waals surface area contributed by atoms with Crippen LogP contribution in [-0.2, 0) is 19.1 Å². The molecule has 1 heterocycles. The van der Waals surface area contributed by atoms with Gasteiger partial charge in [-0.25, -0.2) is 0 Å². The normalized spacial score (nSPS) is 16.4. The van der Waals surface area contributed by atoms with Gasteiger partial charge in [-0.3, -0.25) is 14.4 Å². The maximum absolute atomic E-state index is 12.4. The number of carbonyl (C=O) groups is 3. The van der Waals surface area contributed by atoms with Gasteiger partial charge in [0.25, 0.3) is 5.91 Å². The molecule has 8 nitrogen and oxygen atoms in total. The minimum Gasteiger partial charge on any atom is -0.495 e. The fraction of sp³-hybridized carbons (Fsp3) is 0.500. The summed E-state index contributed by atoms with van der Waals surface area (Å²) >= 11 is 6.15. The number of ether oxygens (including phenoxy) is 3. The third kappa shape index (κ3) is 5.03. The molecule has 1 aromatic rings. The number of methoxy groups -OCH3 is 2. The highest BCUT2D eigenvalue weighted by Gasteiger charge is 2.37. The van der Waals surface area contributed by atoms with Crippen molar-refractivity contribution in [2.75, 3.05) is 32.3 Å². The van der Waals surface area contributed by atoms with Crippen LogP contribution in [0.4, 0.5) is 5.69 Å². The van der Waals surface area contributed by atoms with Crippen molar-refractivity contribution in [3.8, 4) is 11.5 Å². The van der Waals surface area contributed by atoms with Crippen LogP contribution in [0.1, 0.15) is 20.3 Å². The van der Waals surface area contributed by atoms with E-state index < -0.39 is 11.9 Å². The smallest absolute Gasteiger partial charge is 0.311 e. The van der Waals surface area contributed by atoms with Gasteiger partial charge < -0.3 is 24.4 Å². The first-order valence-electron chi connectivity index (χ1n) is 8.44. The van der Waals surface area contributed by atoms with Crippen LogP contribution in [-0.4, -0.2) is 51.2 Å². The molecule has 1 atom stereocenters. The molecule has 27 heavy (non-hydrogen) atoms. The van der Waals surface area contributed by atoms with Crippen molar-refractivity contribution < 1.29 is 28.6 Å². The quantitative estimate of drug-likeness (QED) is 0.703. The number of carbonyl (C=O) groups excluding carboxylic acids is 3. The molecule has 0 aliphatic carbocycles. The highest BCUT2D eigenvalue weighted by molar-refractivity contribution is 6.32. The van der Waals surface area contributed by atoms with Crippen LogP contribution in [0.2, 0.25) is 5.02 Å². The molecule has 1 aliphatic heterocycles. The van der Waals surface area contributed by atoms with Gasteiger partial charge in [0, 0.05) is 25.1 Å². The van der Waals surface area contributed by atoms with Gasteiger partial charge in [-0.1, -0.05) is 11.6 Å². The van der Waals surface area contributed by atoms with Crippen LogP contribution in [0, 0.1) is 5.92 Å². The second-order valence-electron chi connectivity index (χ2n) is 6.39. The maximum atomic E-state index is 12.4. The second kappa shape index (κ2) is 8.94. The molecule has 1 aromatic carbocycles. The molecule has 1 N–H and O–H groups in total. The molecule has 0 unspecified atom stereocenters.